The molecular weight excluding hydrogens is 288 g/mol. The summed E-state index contributed by atoms with van der Waals surface area (Å²) in [4.78, 5) is 14.2. The maximum atomic E-state index is 13.5. The first-order chi connectivity index (χ1) is 10.5. The van der Waals surface area contributed by atoms with Gasteiger partial charge in [-0.05, 0) is 36.3 Å². The van der Waals surface area contributed by atoms with Crippen molar-refractivity contribution in [1.82, 2.24) is 4.98 Å². The van der Waals surface area contributed by atoms with Gasteiger partial charge >= 0.3 is 0 Å². The number of H-pyrrole nitrogens is 1. The molecule has 3 N–H and O–H groups in total. The third-order valence-corrected chi connectivity index (χ3v) is 3.64. The minimum Gasteiger partial charge on any atom is -0.364 e. The standard InChI is InChI=1S/C16H11F2N3O/c17-12-2-1-9(5-13(12)18)11-4-8(7-19)3-10-6-14(16(20)22)21-15(10)11/h3-6,21H,1-2H2,(H2,20,22). The minimum absolute atomic E-state index is 0.0284. The predicted molar refractivity (Wildman–Crippen MR) is 78.0 cm³/mol. The van der Waals surface area contributed by atoms with E-state index in [4.69, 9.17) is 11.0 Å². The van der Waals surface area contributed by atoms with Crippen molar-refractivity contribution in [3.8, 4) is 6.07 Å². The molecule has 1 aromatic carbocycles. The van der Waals surface area contributed by atoms with Crippen LogP contribution in [0.5, 0.6) is 0 Å². The van der Waals surface area contributed by atoms with Gasteiger partial charge in [0.25, 0.3) is 5.91 Å². The molecule has 0 atom stereocenters. The van der Waals surface area contributed by atoms with E-state index in [0.29, 0.717) is 34.0 Å². The van der Waals surface area contributed by atoms with E-state index in [-0.39, 0.29) is 12.1 Å². The molecular formula is C16H11F2N3O. The zero-order valence-corrected chi connectivity index (χ0v) is 11.4. The number of benzene rings is 1. The van der Waals surface area contributed by atoms with E-state index in [0.717, 1.165) is 6.08 Å². The monoisotopic (exact) mass is 299 g/mol. The zero-order valence-electron chi connectivity index (χ0n) is 11.4. The van der Waals surface area contributed by atoms with Crippen molar-refractivity contribution < 1.29 is 13.6 Å². The number of amides is 1. The van der Waals surface area contributed by atoms with Crippen LogP contribution in [-0.2, 0) is 0 Å². The van der Waals surface area contributed by atoms with Crippen LogP contribution in [0.25, 0.3) is 16.5 Å². The second-order valence-corrected chi connectivity index (χ2v) is 5.07. The van der Waals surface area contributed by atoms with Crippen LogP contribution in [-0.4, -0.2) is 10.9 Å². The number of nitrogens with two attached hydrogens (primary N) is 1. The average Bonchev–Trinajstić information content (AvgIpc) is 2.93. The molecule has 4 nitrogen and oxygen atoms in total. The number of carbonyl (C=O) groups excluding carboxylic acids is 1. The number of primary amides is 1. The van der Waals surface area contributed by atoms with E-state index in [1.807, 2.05) is 6.07 Å². The molecule has 1 aromatic heterocycles. The fraction of sp³-hybridized carbons (Fsp3) is 0.125. The lowest BCUT2D eigenvalue weighted by Gasteiger charge is -2.13. The summed E-state index contributed by atoms with van der Waals surface area (Å²) in [5.41, 5.74) is 7.54. The molecule has 6 heteroatoms. The Hall–Kier alpha value is -2.94. The molecule has 0 radical (unpaired) electrons. The van der Waals surface area contributed by atoms with E-state index in [1.165, 1.54) is 6.07 Å². The lowest BCUT2D eigenvalue weighted by Crippen LogP contribution is -2.10. The fourth-order valence-electron chi connectivity index (χ4n) is 2.57. The topological polar surface area (TPSA) is 82.7 Å². The summed E-state index contributed by atoms with van der Waals surface area (Å²) in [6.07, 6.45) is 1.41. The molecule has 0 fully saturated rings. The summed E-state index contributed by atoms with van der Waals surface area (Å²) in [5, 5.41) is 9.74. The maximum absolute atomic E-state index is 13.5. The predicted octanol–water partition coefficient (Wildman–Crippen LogP) is 3.47. The highest BCUT2D eigenvalue weighted by Crippen LogP contribution is 2.35. The second-order valence-electron chi connectivity index (χ2n) is 5.07. The molecule has 0 spiro atoms. The number of carbonyl (C=O) groups is 1. The SMILES string of the molecule is N#Cc1cc(C2=CC(F)=C(F)CC2)c2[nH]c(C(N)=O)cc2c1. The first-order valence-electron chi connectivity index (χ1n) is 6.61. The van der Waals surface area contributed by atoms with Crippen LogP contribution in [0, 0.1) is 11.3 Å². The summed E-state index contributed by atoms with van der Waals surface area (Å²) in [6, 6.07) is 6.76. The van der Waals surface area contributed by atoms with E-state index in [1.54, 1.807) is 12.1 Å². The molecule has 1 aliphatic carbocycles. The smallest absolute Gasteiger partial charge is 0.265 e. The first kappa shape index (κ1) is 14.0. The normalized spacial score (nSPS) is 14.9. The molecule has 3 rings (SSSR count). The molecule has 0 aliphatic heterocycles. The molecule has 22 heavy (non-hydrogen) atoms. The molecule has 1 heterocycles. The number of rotatable bonds is 2. The van der Waals surface area contributed by atoms with Crippen molar-refractivity contribution in [3.63, 3.8) is 0 Å². The molecule has 1 amide bonds. The number of hydrogen-bond acceptors (Lipinski definition) is 2. The van der Waals surface area contributed by atoms with Crippen LogP contribution < -0.4 is 5.73 Å². The Kier molecular flexibility index (Phi) is 3.26. The molecule has 1 aliphatic rings. The number of halogens is 2. The van der Waals surface area contributed by atoms with Crippen LogP contribution in [0.15, 0.2) is 35.9 Å². The van der Waals surface area contributed by atoms with Crippen LogP contribution in [0.1, 0.15) is 34.5 Å². The quantitative estimate of drug-likeness (QED) is 0.890. The van der Waals surface area contributed by atoms with E-state index in [9.17, 15) is 13.6 Å². The largest absolute Gasteiger partial charge is 0.364 e. The van der Waals surface area contributed by atoms with Crippen molar-refractivity contribution in [2.24, 2.45) is 5.73 Å². The van der Waals surface area contributed by atoms with Crippen molar-refractivity contribution in [2.45, 2.75) is 12.8 Å². The number of aromatic amines is 1. The van der Waals surface area contributed by atoms with Gasteiger partial charge < -0.3 is 10.7 Å². The van der Waals surface area contributed by atoms with Gasteiger partial charge in [0, 0.05) is 17.4 Å². The van der Waals surface area contributed by atoms with Gasteiger partial charge in [0.15, 0.2) is 5.83 Å². The second kappa shape index (κ2) is 5.11. The Bertz CT molecular complexity index is 900. The molecule has 0 saturated heterocycles. The Labute approximate surface area is 124 Å². The van der Waals surface area contributed by atoms with Gasteiger partial charge in [0.1, 0.15) is 11.5 Å². The van der Waals surface area contributed by atoms with E-state index < -0.39 is 17.6 Å². The van der Waals surface area contributed by atoms with Crippen LogP contribution >= 0.6 is 0 Å². The van der Waals surface area contributed by atoms with Crippen molar-refractivity contribution in [3.05, 3.63) is 52.7 Å². The number of nitrogens with zero attached hydrogens (tertiary/aromatic N) is 1. The minimum atomic E-state index is -0.904. The highest BCUT2D eigenvalue weighted by Gasteiger charge is 2.18. The van der Waals surface area contributed by atoms with Crippen molar-refractivity contribution >= 4 is 22.4 Å². The third-order valence-electron chi connectivity index (χ3n) is 3.64. The van der Waals surface area contributed by atoms with Crippen LogP contribution in [0.3, 0.4) is 0 Å². The Morgan fingerprint density at radius 3 is 2.68 bits per heavy atom. The summed E-state index contributed by atoms with van der Waals surface area (Å²) in [7, 11) is 0. The van der Waals surface area contributed by atoms with E-state index in [2.05, 4.69) is 4.98 Å². The van der Waals surface area contributed by atoms with Gasteiger partial charge in [0.05, 0.1) is 17.1 Å². The molecule has 0 bridgehead atoms. The van der Waals surface area contributed by atoms with Gasteiger partial charge in [0.2, 0.25) is 0 Å². The van der Waals surface area contributed by atoms with Gasteiger partial charge in [-0.1, -0.05) is 0 Å². The maximum Gasteiger partial charge on any atom is 0.265 e. The zero-order chi connectivity index (χ0) is 15.9. The Morgan fingerprint density at radius 1 is 1.27 bits per heavy atom. The molecule has 110 valence electrons. The van der Waals surface area contributed by atoms with Crippen LogP contribution in [0.4, 0.5) is 8.78 Å². The number of aromatic nitrogens is 1. The molecule has 0 unspecified atom stereocenters. The number of fused-ring (bicyclic) bond motifs is 1. The number of hydrogen-bond donors (Lipinski definition) is 2. The fourth-order valence-corrected chi connectivity index (χ4v) is 2.57. The number of nitrogens with one attached hydrogen (secondary N) is 1. The summed E-state index contributed by atoms with van der Waals surface area (Å²) >= 11 is 0. The van der Waals surface area contributed by atoms with Gasteiger partial charge in [-0.3, -0.25) is 4.79 Å². The molecule has 0 saturated carbocycles. The lowest BCUT2D eigenvalue weighted by molar-refractivity contribution is 0.0996. The third kappa shape index (κ3) is 2.27. The summed E-state index contributed by atoms with van der Waals surface area (Å²) in [6.45, 7) is 0. The number of allylic oxidation sites excluding steroid dienone is 4. The Balaban J connectivity index is 2.26. The number of nitriles is 1. The van der Waals surface area contributed by atoms with Gasteiger partial charge in [-0.15, -0.1) is 0 Å². The Morgan fingerprint density at radius 2 is 2.05 bits per heavy atom. The van der Waals surface area contributed by atoms with Gasteiger partial charge in [-0.2, -0.15) is 5.26 Å². The summed E-state index contributed by atoms with van der Waals surface area (Å²) < 4.78 is 26.7. The first-order valence-corrected chi connectivity index (χ1v) is 6.61. The van der Waals surface area contributed by atoms with Crippen molar-refractivity contribution in [2.75, 3.05) is 0 Å². The average molecular weight is 299 g/mol. The van der Waals surface area contributed by atoms with Gasteiger partial charge in [-0.25, -0.2) is 8.78 Å². The summed E-state index contributed by atoms with van der Waals surface area (Å²) in [5.74, 6) is -2.31. The highest BCUT2D eigenvalue weighted by molar-refractivity contribution is 6.01. The highest BCUT2D eigenvalue weighted by atomic mass is 19.2. The molecule has 2 aromatic rings. The van der Waals surface area contributed by atoms with E-state index >= 15 is 0 Å². The lowest BCUT2D eigenvalue weighted by atomic mass is 9.93. The van der Waals surface area contributed by atoms with Crippen molar-refractivity contribution in [1.29, 1.82) is 5.26 Å². The van der Waals surface area contributed by atoms with Crippen LogP contribution in [0.2, 0.25) is 0 Å².